The van der Waals surface area contributed by atoms with Crippen molar-refractivity contribution in [2.45, 2.75) is 12.5 Å². The molecule has 0 radical (unpaired) electrons. The molecule has 1 aliphatic rings. The molecule has 2 amide bonds. The van der Waals surface area contributed by atoms with E-state index in [9.17, 15) is 9.59 Å². The number of aromatic nitrogens is 2. The summed E-state index contributed by atoms with van der Waals surface area (Å²) >= 11 is 1.38. The number of fused-ring (bicyclic) bond motifs is 1. The lowest BCUT2D eigenvalue weighted by atomic mass is 10.0. The minimum atomic E-state index is -0.631. The van der Waals surface area contributed by atoms with Gasteiger partial charge in [0.15, 0.2) is 0 Å². The molecule has 1 aliphatic heterocycles. The summed E-state index contributed by atoms with van der Waals surface area (Å²) in [4.78, 5) is 37.7. The van der Waals surface area contributed by atoms with E-state index in [0.717, 1.165) is 35.4 Å². The summed E-state index contributed by atoms with van der Waals surface area (Å²) in [6, 6.07) is 17.0. The van der Waals surface area contributed by atoms with Gasteiger partial charge in [0.1, 0.15) is 19.1 Å². The first kappa shape index (κ1) is 21.2. The van der Waals surface area contributed by atoms with E-state index in [0.29, 0.717) is 24.4 Å². The average Bonchev–Trinajstić information content (AvgIpc) is 3.55. The highest BCUT2D eigenvalue weighted by molar-refractivity contribution is 7.12. The summed E-state index contributed by atoms with van der Waals surface area (Å²) in [6.07, 6.45) is 4.28. The molecule has 3 N–H and O–H groups in total. The molecule has 0 unspecified atom stereocenters. The van der Waals surface area contributed by atoms with E-state index in [-0.39, 0.29) is 11.8 Å². The largest absolute Gasteiger partial charge is 0.361 e. The molecule has 3 aromatic heterocycles. The Morgan fingerprint density at radius 2 is 1.85 bits per heavy atom. The zero-order chi connectivity index (χ0) is 22.6. The molecule has 4 aromatic rings. The smallest absolute Gasteiger partial charge is 0.274 e. The Hall–Kier alpha value is -3.65. The minimum absolute atomic E-state index is 0.0399. The number of piperazine rings is 1. The standard InChI is InChI=1S/C25H25N5O2S/c31-24(22-8-5-15-33-22)28-21(16-18-17-27-20-7-2-1-6-19(18)20)25(32)30-13-11-29(12-14-30)23-9-3-4-10-26-23/h1-10,15,17,21,27H,11-14,16H2,(H,28,31)/p+1/t21-/m1/s1. The predicted octanol–water partition coefficient (Wildman–Crippen LogP) is 2.73. The van der Waals surface area contributed by atoms with Crippen molar-refractivity contribution in [3.8, 4) is 0 Å². The highest BCUT2D eigenvalue weighted by Gasteiger charge is 2.32. The number of carbonyl (C=O) groups excluding carboxylic acids is 2. The van der Waals surface area contributed by atoms with Crippen LogP contribution in [0.4, 0.5) is 5.82 Å². The first-order valence-corrected chi connectivity index (χ1v) is 12.0. The number of rotatable bonds is 6. The zero-order valence-electron chi connectivity index (χ0n) is 18.2. The Kier molecular flexibility index (Phi) is 6.08. The molecule has 5 rings (SSSR count). The van der Waals surface area contributed by atoms with Gasteiger partial charge >= 0.3 is 0 Å². The molecule has 168 valence electrons. The van der Waals surface area contributed by atoms with Crippen LogP contribution in [0.1, 0.15) is 15.2 Å². The molecular weight excluding hydrogens is 434 g/mol. The van der Waals surface area contributed by atoms with Gasteiger partial charge in [0.2, 0.25) is 5.91 Å². The van der Waals surface area contributed by atoms with Crippen LogP contribution in [0.25, 0.3) is 10.9 Å². The molecule has 1 fully saturated rings. The SMILES string of the molecule is O=C(N[C@H](Cc1c[nH]c2ccccc12)C(=O)N1CCN(c2cccc[nH+]2)CC1)c1cccs1. The van der Waals surface area contributed by atoms with E-state index < -0.39 is 6.04 Å². The number of pyridine rings is 1. The number of para-hydroxylation sites is 1. The fourth-order valence-corrected chi connectivity index (χ4v) is 4.95. The third-order valence-electron chi connectivity index (χ3n) is 6.07. The second-order valence-corrected chi connectivity index (χ2v) is 9.07. The van der Waals surface area contributed by atoms with Crippen molar-refractivity contribution in [3.63, 3.8) is 0 Å². The van der Waals surface area contributed by atoms with E-state index in [2.05, 4.69) is 20.2 Å². The first-order valence-electron chi connectivity index (χ1n) is 11.1. The number of benzene rings is 1. The van der Waals surface area contributed by atoms with Crippen LogP contribution in [-0.4, -0.2) is 53.9 Å². The Balaban J connectivity index is 1.33. The molecule has 1 atom stereocenters. The zero-order valence-corrected chi connectivity index (χ0v) is 19.0. The van der Waals surface area contributed by atoms with Crippen molar-refractivity contribution in [2.75, 3.05) is 31.1 Å². The fourth-order valence-electron chi connectivity index (χ4n) is 4.33. The van der Waals surface area contributed by atoms with Gasteiger partial charge < -0.3 is 15.2 Å². The summed E-state index contributed by atoms with van der Waals surface area (Å²) in [5.74, 6) is 0.800. The van der Waals surface area contributed by atoms with Gasteiger partial charge in [-0.25, -0.2) is 4.98 Å². The molecule has 33 heavy (non-hydrogen) atoms. The van der Waals surface area contributed by atoms with Crippen LogP contribution in [0.2, 0.25) is 0 Å². The number of hydrogen-bond donors (Lipinski definition) is 2. The Bertz CT molecular complexity index is 1230. The summed E-state index contributed by atoms with van der Waals surface area (Å²) in [6.45, 7) is 2.71. The third kappa shape index (κ3) is 4.61. The Morgan fingerprint density at radius 1 is 1.03 bits per heavy atom. The lowest BCUT2D eigenvalue weighted by molar-refractivity contribution is -0.364. The van der Waals surface area contributed by atoms with Gasteiger partial charge in [0.05, 0.1) is 24.2 Å². The van der Waals surface area contributed by atoms with Crippen LogP contribution in [0.5, 0.6) is 0 Å². The average molecular weight is 461 g/mol. The number of carbonyl (C=O) groups is 2. The van der Waals surface area contributed by atoms with Gasteiger partial charge in [0, 0.05) is 29.6 Å². The van der Waals surface area contributed by atoms with Crippen molar-refractivity contribution in [2.24, 2.45) is 0 Å². The Labute approximate surface area is 196 Å². The monoisotopic (exact) mass is 460 g/mol. The molecule has 0 saturated carbocycles. The molecule has 0 bridgehead atoms. The van der Waals surface area contributed by atoms with Gasteiger partial charge in [-0.1, -0.05) is 30.3 Å². The van der Waals surface area contributed by atoms with E-state index in [1.54, 1.807) is 6.07 Å². The van der Waals surface area contributed by atoms with E-state index in [1.165, 1.54) is 11.3 Å². The molecule has 1 saturated heterocycles. The van der Waals surface area contributed by atoms with Crippen molar-refractivity contribution >= 4 is 39.9 Å². The summed E-state index contributed by atoms with van der Waals surface area (Å²) < 4.78 is 0. The quantitative estimate of drug-likeness (QED) is 0.464. The summed E-state index contributed by atoms with van der Waals surface area (Å²) in [7, 11) is 0. The normalized spacial score (nSPS) is 14.9. The van der Waals surface area contributed by atoms with Gasteiger partial charge in [-0.3, -0.25) is 14.5 Å². The number of hydrogen-bond acceptors (Lipinski definition) is 4. The highest BCUT2D eigenvalue weighted by atomic mass is 32.1. The molecule has 0 aliphatic carbocycles. The van der Waals surface area contributed by atoms with Crippen LogP contribution < -0.4 is 15.2 Å². The summed E-state index contributed by atoms with van der Waals surface area (Å²) in [5.41, 5.74) is 2.05. The van der Waals surface area contributed by atoms with Crippen LogP contribution in [-0.2, 0) is 11.2 Å². The van der Waals surface area contributed by atoms with E-state index in [4.69, 9.17) is 0 Å². The molecule has 1 aromatic carbocycles. The number of nitrogens with one attached hydrogen (secondary N) is 3. The number of thiophene rings is 1. The van der Waals surface area contributed by atoms with Gasteiger partial charge in [-0.05, 0) is 29.1 Å². The number of H-pyrrole nitrogens is 2. The maximum absolute atomic E-state index is 13.6. The predicted molar refractivity (Wildman–Crippen MR) is 129 cm³/mol. The second kappa shape index (κ2) is 9.46. The van der Waals surface area contributed by atoms with E-state index in [1.807, 2.05) is 71.2 Å². The van der Waals surface area contributed by atoms with Gasteiger partial charge in [-0.15, -0.1) is 11.3 Å². The van der Waals surface area contributed by atoms with Crippen LogP contribution in [0.15, 0.2) is 72.4 Å². The van der Waals surface area contributed by atoms with E-state index >= 15 is 0 Å². The van der Waals surface area contributed by atoms with Crippen molar-refractivity contribution < 1.29 is 14.6 Å². The number of nitrogens with zero attached hydrogens (tertiary/aromatic N) is 2. The van der Waals surface area contributed by atoms with Gasteiger partial charge in [-0.2, -0.15) is 0 Å². The topological polar surface area (TPSA) is 82.6 Å². The highest BCUT2D eigenvalue weighted by Crippen LogP contribution is 2.21. The lowest BCUT2D eigenvalue weighted by Gasteiger charge is -2.33. The maximum Gasteiger partial charge on any atom is 0.274 e. The second-order valence-electron chi connectivity index (χ2n) is 8.13. The number of anilines is 1. The number of aromatic amines is 2. The molecule has 4 heterocycles. The third-order valence-corrected chi connectivity index (χ3v) is 6.94. The fraction of sp³-hybridized carbons (Fsp3) is 0.240. The van der Waals surface area contributed by atoms with Crippen molar-refractivity contribution in [1.29, 1.82) is 0 Å². The van der Waals surface area contributed by atoms with Gasteiger partial charge in [0.25, 0.3) is 11.7 Å². The van der Waals surface area contributed by atoms with Crippen LogP contribution in [0, 0.1) is 0 Å². The molecule has 7 nitrogen and oxygen atoms in total. The molecule has 8 heteroatoms. The molecule has 0 spiro atoms. The first-order chi connectivity index (χ1) is 16.2. The maximum atomic E-state index is 13.6. The lowest BCUT2D eigenvalue weighted by Crippen LogP contribution is -2.56. The number of amides is 2. The Morgan fingerprint density at radius 3 is 2.61 bits per heavy atom. The van der Waals surface area contributed by atoms with Crippen molar-refractivity contribution in [3.05, 3.63) is 82.8 Å². The molecular formula is C25H26N5O2S+. The minimum Gasteiger partial charge on any atom is -0.361 e. The summed E-state index contributed by atoms with van der Waals surface area (Å²) in [5, 5.41) is 5.95. The van der Waals surface area contributed by atoms with Crippen molar-refractivity contribution in [1.82, 2.24) is 15.2 Å². The van der Waals surface area contributed by atoms with Crippen LogP contribution >= 0.6 is 11.3 Å². The van der Waals surface area contributed by atoms with Crippen LogP contribution in [0.3, 0.4) is 0 Å².